The summed E-state index contributed by atoms with van der Waals surface area (Å²) in [5.74, 6) is -0.323. The Morgan fingerprint density at radius 3 is 2.86 bits per heavy atom. The molecule has 2 N–H and O–H groups in total. The Balaban J connectivity index is 1.84. The zero-order valence-electron chi connectivity index (χ0n) is 11.1. The van der Waals surface area contributed by atoms with Crippen LogP contribution in [0.2, 0.25) is 0 Å². The van der Waals surface area contributed by atoms with Crippen LogP contribution in [0.4, 0.5) is 10.1 Å². The van der Waals surface area contributed by atoms with Crippen LogP contribution < -0.4 is 5.32 Å². The van der Waals surface area contributed by atoms with Crippen LogP contribution in [-0.2, 0) is 6.54 Å². The molecule has 6 heteroatoms. The van der Waals surface area contributed by atoms with Gasteiger partial charge in [0.2, 0.25) is 0 Å². The van der Waals surface area contributed by atoms with Gasteiger partial charge in [-0.2, -0.15) is 0 Å². The van der Waals surface area contributed by atoms with Gasteiger partial charge in [-0.3, -0.25) is 0 Å². The zero-order chi connectivity index (χ0) is 14.7. The molecule has 0 bridgehead atoms. The van der Waals surface area contributed by atoms with Gasteiger partial charge in [-0.25, -0.2) is 9.07 Å². The van der Waals surface area contributed by atoms with E-state index >= 15 is 0 Å². The molecule has 0 saturated heterocycles. The largest absolute Gasteiger partial charge is 0.508 e. The fraction of sp³-hybridized carbons (Fsp3) is 0.0667. The Morgan fingerprint density at radius 2 is 2.05 bits per heavy atom. The van der Waals surface area contributed by atoms with Crippen molar-refractivity contribution in [3.8, 4) is 11.4 Å². The highest BCUT2D eigenvalue weighted by molar-refractivity contribution is 5.60. The lowest BCUT2D eigenvalue weighted by molar-refractivity contribution is 0.466. The monoisotopic (exact) mass is 284 g/mol. The highest BCUT2D eigenvalue weighted by Crippen LogP contribution is 2.22. The third-order valence-electron chi connectivity index (χ3n) is 3.08. The quantitative estimate of drug-likeness (QED) is 0.773. The first kappa shape index (κ1) is 13.1. The number of hydrogen-bond acceptors (Lipinski definition) is 4. The second kappa shape index (κ2) is 5.62. The van der Waals surface area contributed by atoms with E-state index in [-0.39, 0.29) is 11.6 Å². The number of anilines is 1. The number of hydrogen-bond donors (Lipinski definition) is 2. The molecule has 0 aliphatic carbocycles. The average Bonchev–Trinajstić information content (AvgIpc) is 3.03. The van der Waals surface area contributed by atoms with E-state index in [2.05, 4.69) is 15.6 Å². The van der Waals surface area contributed by atoms with Gasteiger partial charge in [-0.15, -0.1) is 5.10 Å². The van der Waals surface area contributed by atoms with E-state index in [1.807, 2.05) is 24.3 Å². The Morgan fingerprint density at radius 1 is 1.19 bits per heavy atom. The predicted molar refractivity (Wildman–Crippen MR) is 76.8 cm³/mol. The van der Waals surface area contributed by atoms with Gasteiger partial charge in [0.1, 0.15) is 11.6 Å². The number of halogens is 1. The Bertz CT molecular complexity index is 743. The highest BCUT2D eigenvalue weighted by Gasteiger charge is 2.07. The molecule has 0 spiro atoms. The third kappa shape index (κ3) is 2.84. The summed E-state index contributed by atoms with van der Waals surface area (Å²) in [7, 11) is 0. The molecule has 0 amide bonds. The molecule has 0 radical (unpaired) electrons. The molecule has 106 valence electrons. The predicted octanol–water partition coefficient (Wildman–Crippen LogP) is 2.72. The summed E-state index contributed by atoms with van der Waals surface area (Å²) < 4.78 is 14.8. The van der Waals surface area contributed by atoms with Gasteiger partial charge in [0.15, 0.2) is 0 Å². The van der Waals surface area contributed by atoms with Gasteiger partial charge in [-0.05, 0) is 30.3 Å². The molecule has 0 saturated carbocycles. The second-order valence-corrected chi connectivity index (χ2v) is 4.49. The number of para-hydroxylation sites is 2. The number of phenolic OH excluding ortho intramolecular Hbond substituents is 1. The molecule has 3 aromatic rings. The third-order valence-corrected chi connectivity index (χ3v) is 3.08. The van der Waals surface area contributed by atoms with E-state index in [0.29, 0.717) is 12.1 Å². The minimum atomic E-state index is -0.380. The van der Waals surface area contributed by atoms with E-state index in [4.69, 9.17) is 0 Å². The molecule has 0 aliphatic rings. The SMILES string of the molecule is Oc1ccc(F)cc1CNc1ccccc1-n1ccnn1. The van der Waals surface area contributed by atoms with Gasteiger partial charge in [0, 0.05) is 12.1 Å². The van der Waals surface area contributed by atoms with E-state index < -0.39 is 0 Å². The molecular weight excluding hydrogens is 271 g/mol. The molecule has 3 rings (SSSR count). The first-order valence-corrected chi connectivity index (χ1v) is 6.41. The van der Waals surface area contributed by atoms with Crippen molar-refractivity contribution >= 4 is 5.69 Å². The van der Waals surface area contributed by atoms with Crippen molar-refractivity contribution in [2.75, 3.05) is 5.32 Å². The minimum Gasteiger partial charge on any atom is -0.508 e. The smallest absolute Gasteiger partial charge is 0.123 e. The lowest BCUT2D eigenvalue weighted by atomic mass is 10.2. The van der Waals surface area contributed by atoms with E-state index in [0.717, 1.165) is 11.4 Å². The van der Waals surface area contributed by atoms with Crippen molar-refractivity contribution in [3.63, 3.8) is 0 Å². The molecule has 5 nitrogen and oxygen atoms in total. The van der Waals surface area contributed by atoms with Crippen LogP contribution in [0, 0.1) is 5.82 Å². The summed E-state index contributed by atoms with van der Waals surface area (Å²) in [6.45, 7) is 0.301. The van der Waals surface area contributed by atoms with Gasteiger partial charge in [-0.1, -0.05) is 17.3 Å². The van der Waals surface area contributed by atoms with E-state index in [9.17, 15) is 9.50 Å². The van der Waals surface area contributed by atoms with Crippen LogP contribution in [-0.4, -0.2) is 20.1 Å². The van der Waals surface area contributed by atoms with Crippen LogP contribution >= 0.6 is 0 Å². The highest BCUT2D eigenvalue weighted by atomic mass is 19.1. The Hall–Kier alpha value is -2.89. The van der Waals surface area contributed by atoms with Crippen molar-refractivity contribution in [2.24, 2.45) is 0 Å². The maximum absolute atomic E-state index is 13.2. The Kier molecular flexibility index (Phi) is 3.51. The fourth-order valence-corrected chi connectivity index (χ4v) is 2.05. The molecule has 0 unspecified atom stereocenters. The number of aromatic nitrogens is 3. The molecule has 1 heterocycles. The van der Waals surface area contributed by atoms with Crippen molar-refractivity contribution in [3.05, 3.63) is 66.2 Å². The standard InChI is InChI=1S/C15H13FN4O/c16-12-5-6-15(21)11(9-12)10-17-13-3-1-2-4-14(13)20-8-7-18-19-20/h1-9,17,21H,10H2. The fourth-order valence-electron chi connectivity index (χ4n) is 2.05. The first-order valence-electron chi connectivity index (χ1n) is 6.41. The summed E-state index contributed by atoms with van der Waals surface area (Å²) in [6.07, 6.45) is 3.33. The van der Waals surface area contributed by atoms with Crippen molar-refractivity contribution in [1.29, 1.82) is 0 Å². The van der Waals surface area contributed by atoms with Crippen LogP contribution in [0.3, 0.4) is 0 Å². The number of phenols is 1. The van der Waals surface area contributed by atoms with E-state index in [1.54, 1.807) is 17.1 Å². The number of nitrogens with zero attached hydrogens (tertiary/aromatic N) is 3. The Labute approximate surface area is 120 Å². The van der Waals surface area contributed by atoms with Crippen LogP contribution in [0.1, 0.15) is 5.56 Å². The minimum absolute atomic E-state index is 0.0575. The van der Waals surface area contributed by atoms with Gasteiger partial charge in [0.25, 0.3) is 0 Å². The van der Waals surface area contributed by atoms with Crippen molar-refractivity contribution in [1.82, 2.24) is 15.0 Å². The molecule has 1 aromatic heterocycles. The van der Waals surface area contributed by atoms with Gasteiger partial charge >= 0.3 is 0 Å². The van der Waals surface area contributed by atoms with Gasteiger partial charge < -0.3 is 10.4 Å². The lowest BCUT2D eigenvalue weighted by Gasteiger charge is -2.12. The average molecular weight is 284 g/mol. The van der Waals surface area contributed by atoms with Crippen LogP contribution in [0.5, 0.6) is 5.75 Å². The summed E-state index contributed by atoms with van der Waals surface area (Å²) in [6, 6.07) is 11.4. The zero-order valence-corrected chi connectivity index (χ0v) is 11.1. The topological polar surface area (TPSA) is 63.0 Å². The molecule has 2 aromatic carbocycles. The number of nitrogens with one attached hydrogen (secondary N) is 1. The van der Waals surface area contributed by atoms with Crippen LogP contribution in [0.15, 0.2) is 54.9 Å². The number of aromatic hydroxyl groups is 1. The summed E-state index contributed by atoms with van der Waals surface area (Å²) >= 11 is 0. The number of benzene rings is 2. The normalized spacial score (nSPS) is 10.5. The second-order valence-electron chi connectivity index (χ2n) is 4.49. The van der Waals surface area contributed by atoms with Crippen molar-refractivity contribution in [2.45, 2.75) is 6.54 Å². The summed E-state index contributed by atoms with van der Waals surface area (Å²) in [5, 5.41) is 20.6. The maximum atomic E-state index is 13.2. The molecule has 21 heavy (non-hydrogen) atoms. The molecule has 0 aliphatic heterocycles. The molecular formula is C15H13FN4O. The molecule has 0 fully saturated rings. The van der Waals surface area contributed by atoms with Crippen molar-refractivity contribution < 1.29 is 9.50 Å². The van der Waals surface area contributed by atoms with E-state index in [1.165, 1.54) is 18.2 Å². The lowest BCUT2D eigenvalue weighted by Crippen LogP contribution is -2.05. The first-order chi connectivity index (χ1) is 10.2. The number of rotatable bonds is 4. The maximum Gasteiger partial charge on any atom is 0.123 e. The van der Waals surface area contributed by atoms with Gasteiger partial charge in [0.05, 0.1) is 23.8 Å². The van der Waals surface area contributed by atoms with Crippen LogP contribution in [0.25, 0.3) is 5.69 Å². The molecule has 0 atom stereocenters. The summed E-state index contributed by atoms with van der Waals surface area (Å²) in [4.78, 5) is 0. The summed E-state index contributed by atoms with van der Waals surface area (Å²) in [5.41, 5.74) is 2.13.